The first-order chi connectivity index (χ1) is 14.2. The third-order valence-electron chi connectivity index (χ3n) is 4.54. The predicted octanol–water partition coefficient (Wildman–Crippen LogP) is 4.81. The second-order valence-corrected chi connectivity index (χ2v) is 8.35. The molecule has 0 saturated heterocycles. The Hall–Kier alpha value is -2.46. The number of thiazole rings is 1. The Bertz CT molecular complexity index is 1120. The molecule has 2 aromatic carbocycles. The molecule has 1 heterocycles. The van der Waals surface area contributed by atoms with E-state index in [1.807, 2.05) is 38.1 Å². The molecule has 0 spiro atoms. The Morgan fingerprint density at radius 1 is 1.26 bits per heavy atom. The van der Waals surface area contributed by atoms with Gasteiger partial charge >= 0.3 is 0 Å². The van der Waals surface area contributed by atoms with E-state index in [0.717, 1.165) is 10.3 Å². The highest BCUT2D eigenvalue weighted by molar-refractivity contribution is 7.22. The van der Waals surface area contributed by atoms with Crippen molar-refractivity contribution < 1.29 is 14.5 Å². The fourth-order valence-electron chi connectivity index (χ4n) is 2.95. The molecule has 3 rings (SSSR count). The predicted molar refractivity (Wildman–Crippen MR) is 126 cm³/mol. The van der Waals surface area contributed by atoms with Crippen molar-refractivity contribution >= 4 is 62.3 Å². The van der Waals surface area contributed by atoms with Crippen molar-refractivity contribution in [2.45, 2.75) is 6.92 Å². The molecule has 3 aromatic rings. The Labute approximate surface area is 194 Å². The third-order valence-corrected chi connectivity index (χ3v) is 5.99. The van der Waals surface area contributed by atoms with Crippen LogP contribution in [0.1, 0.15) is 15.9 Å². The minimum Gasteiger partial charge on any atom is -0.494 e. The number of hydrogen-bond donors (Lipinski definition) is 0. The summed E-state index contributed by atoms with van der Waals surface area (Å²) in [4.78, 5) is 32.4. The van der Waals surface area contributed by atoms with Crippen LogP contribution in [-0.2, 0) is 0 Å². The number of aryl methyl sites for hydroxylation is 1. The summed E-state index contributed by atoms with van der Waals surface area (Å²) in [7, 11) is 5.33. The summed E-state index contributed by atoms with van der Waals surface area (Å²) >= 11 is 7.38. The van der Waals surface area contributed by atoms with Crippen molar-refractivity contribution in [1.82, 2.24) is 9.88 Å². The van der Waals surface area contributed by atoms with Crippen LogP contribution in [0.5, 0.6) is 5.75 Å². The minimum atomic E-state index is -0.584. The number of aromatic nitrogens is 1. The number of nitrogens with zero attached hydrogens (tertiary/aromatic N) is 4. The molecule has 0 aliphatic heterocycles. The van der Waals surface area contributed by atoms with Gasteiger partial charge in [0, 0.05) is 24.2 Å². The van der Waals surface area contributed by atoms with E-state index in [2.05, 4.69) is 4.98 Å². The van der Waals surface area contributed by atoms with E-state index < -0.39 is 10.8 Å². The van der Waals surface area contributed by atoms with Crippen molar-refractivity contribution in [1.29, 1.82) is 0 Å². The summed E-state index contributed by atoms with van der Waals surface area (Å²) < 4.78 is 6.31. The van der Waals surface area contributed by atoms with Gasteiger partial charge in [0.15, 0.2) is 5.13 Å². The van der Waals surface area contributed by atoms with Crippen molar-refractivity contribution in [3.05, 3.63) is 56.6 Å². The highest BCUT2D eigenvalue weighted by Crippen LogP contribution is 2.37. The molecule has 0 atom stereocenters. The van der Waals surface area contributed by atoms with Crippen molar-refractivity contribution in [3.63, 3.8) is 0 Å². The third kappa shape index (κ3) is 5.24. The monoisotopic (exact) mass is 484 g/mol. The fourth-order valence-corrected chi connectivity index (χ4v) is 4.19. The van der Waals surface area contributed by atoms with Crippen LogP contribution in [0.15, 0.2) is 30.3 Å². The van der Waals surface area contributed by atoms with Gasteiger partial charge in [-0.1, -0.05) is 29.0 Å². The number of likely N-dealkylation sites (N-methyl/N-ethyl adjacent to an activating group) is 1. The van der Waals surface area contributed by atoms with E-state index in [1.165, 1.54) is 34.4 Å². The van der Waals surface area contributed by atoms with Crippen LogP contribution in [-0.4, -0.2) is 55.0 Å². The molecular weight excluding hydrogens is 463 g/mol. The number of amides is 1. The van der Waals surface area contributed by atoms with Gasteiger partial charge in [0.05, 0.1) is 16.7 Å². The summed E-state index contributed by atoms with van der Waals surface area (Å²) in [6, 6.07) is 7.72. The van der Waals surface area contributed by atoms with Crippen LogP contribution >= 0.6 is 35.3 Å². The second-order valence-electron chi connectivity index (χ2n) is 6.94. The summed E-state index contributed by atoms with van der Waals surface area (Å²) in [5.74, 6) is 0.0774. The standard InChI is InChI=1S/C20H21ClN4O4S.ClH/c1-12-5-8-16(29-4)17-18(12)30-20(22-17)24(10-9-23(2)3)19(26)14-11-13(21)6-7-15(14)25(27)28;/h5-8,11H,9-10H2,1-4H3;1H. The maximum Gasteiger partial charge on any atom is 0.282 e. The average Bonchev–Trinajstić information content (AvgIpc) is 3.13. The number of benzene rings is 2. The lowest BCUT2D eigenvalue weighted by molar-refractivity contribution is -0.385. The molecule has 0 saturated carbocycles. The number of nitro groups is 1. The Balaban J connectivity index is 0.00000341. The zero-order chi connectivity index (χ0) is 22.0. The second kappa shape index (κ2) is 10.2. The number of methoxy groups -OCH3 is 1. The number of nitro benzene ring substituents is 1. The first kappa shape index (κ1) is 24.8. The van der Waals surface area contributed by atoms with Crippen LogP contribution in [0.25, 0.3) is 10.2 Å². The van der Waals surface area contributed by atoms with Gasteiger partial charge < -0.3 is 9.64 Å². The van der Waals surface area contributed by atoms with E-state index >= 15 is 0 Å². The topological polar surface area (TPSA) is 88.8 Å². The molecule has 0 unspecified atom stereocenters. The lowest BCUT2D eigenvalue weighted by Crippen LogP contribution is -2.37. The van der Waals surface area contributed by atoms with Crippen molar-refractivity contribution in [3.8, 4) is 5.75 Å². The molecule has 0 aliphatic carbocycles. The van der Waals surface area contributed by atoms with Crippen LogP contribution in [0.4, 0.5) is 10.8 Å². The smallest absolute Gasteiger partial charge is 0.282 e. The van der Waals surface area contributed by atoms with Gasteiger partial charge in [-0.3, -0.25) is 19.8 Å². The highest BCUT2D eigenvalue weighted by Gasteiger charge is 2.28. The van der Waals surface area contributed by atoms with Crippen LogP contribution in [0.2, 0.25) is 5.02 Å². The van der Waals surface area contributed by atoms with E-state index in [4.69, 9.17) is 16.3 Å². The lowest BCUT2D eigenvalue weighted by atomic mass is 10.1. The van der Waals surface area contributed by atoms with Gasteiger partial charge in [-0.15, -0.1) is 12.4 Å². The first-order valence-electron chi connectivity index (χ1n) is 9.07. The maximum atomic E-state index is 13.4. The number of rotatable bonds is 7. The molecule has 1 aromatic heterocycles. The fraction of sp³-hybridized carbons (Fsp3) is 0.300. The number of hydrogen-bond acceptors (Lipinski definition) is 7. The number of fused-ring (bicyclic) bond motifs is 1. The van der Waals surface area contributed by atoms with E-state index in [-0.39, 0.29) is 28.7 Å². The molecule has 0 N–H and O–H groups in total. The summed E-state index contributed by atoms with van der Waals surface area (Å²) in [5, 5.41) is 12.2. The summed E-state index contributed by atoms with van der Waals surface area (Å²) in [6.07, 6.45) is 0. The van der Waals surface area contributed by atoms with Gasteiger partial charge in [0.2, 0.25) is 0 Å². The molecule has 0 bridgehead atoms. The van der Waals surface area contributed by atoms with Gasteiger partial charge in [-0.25, -0.2) is 4.98 Å². The van der Waals surface area contributed by atoms with E-state index in [0.29, 0.717) is 29.5 Å². The molecular formula is C20H22Cl2N4O4S. The number of halogens is 2. The van der Waals surface area contributed by atoms with Crippen LogP contribution in [0, 0.1) is 17.0 Å². The molecule has 8 nitrogen and oxygen atoms in total. The zero-order valence-corrected chi connectivity index (χ0v) is 19.8. The Morgan fingerprint density at radius 2 is 1.97 bits per heavy atom. The molecule has 0 radical (unpaired) electrons. The highest BCUT2D eigenvalue weighted by atomic mass is 35.5. The van der Waals surface area contributed by atoms with Gasteiger partial charge in [-0.2, -0.15) is 0 Å². The normalized spacial score (nSPS) is 10.8. The minimum absolute atomic E-state index is 0. The van der Waals surface area contributed by atoms with Crippen molar-refractivity contribution in [2.24, 2.45) is 0 Å². The first-order valence-corrected chi connectivity index (χ1v) is 10.3. The van der Waals surface area contributed by atoms with Gasteiger partial charge in [0.25, 0.3) is 11.6 Å². The Kier molecular flexibility index (Phi) is 8.19. The molecule has 1 amide bonds. The summed E-state index contributed by atoms with van der Waals surface area (Å²) in [5.41, 5.74) is 1.28. The SMILES string of the molecule is COc1ccc(C)c2sc(N(CCN(C)C)C(=O)c3cc(Cl)ccc3[N+](=O)[O-])nc12.Cl. The number of ether oxygens (including phenoxy) is 1. The number of anilines is 1. The number of carbonyl (C=O) groups excluding carboxylic acids is 1. The molecule has 0 aliphatic rings. The van der Waals surface area contributed by atoms with E-state index in [1.54, 1.807) is 7.11 Å². The largest absolute Gasteiger partial charge is 0.494 e. The molecule has 0 fully saturated rings. The quantitative estimate of drug-likeness (QED) is 0.353. The molecule has 11 heteroatoms. The molecule has 166 valence electrons. The Morgan fingerprint density at radius 3 is 2.58 bits per heavy atom. The van der Waals surface area contributed by atoms with Crippen LogP contribution < -0.4 is 9.64 Å². The molecule has 31 heavy (non-hydrogen) atoms. The number of carbonyl (C=O) groups is 1. The average molecular weight is 485 g/mol. The van der Waals surface area contributed by atoms with Gasteiger partial charge in [0.1, 0.15) is 16.8 Å². The van der Waals surface area contributed by atoms with Gasteiger partial charge in [-0.05, 0) is 44.8 Å². The maximum absolute atomic E-state index is 13.4. The van der Waals surface area contributed by atoms with E-state index in [9.17, 15) is 14.9 Å². The van der Waals surface area contributed by atoms with Crippen LogP contribution in [0.3, 0.4) is 0 Å². The summed E-state index contributed by atoms with van der Waals surface area (Å²) in [6.45, 7) is 2.81. The van der Waals surface area contributed by atoms with Crippen molar-refractivity contribution in [2.75, 3.05) is 39.2 Å². The lowest BCUT2D eigenvalue weighted by Gasteiger charge is -2.22. The zero-order valence-electron chi connectivity index (χ0n) is 17.4.